The van der Waals surface area contributed by atoms with Gasteiger partial charge in [0.15, 0.2) is 0 Å². The maximum Gasteiger partial charge on any atom is 0.254 e. The van der Waals surface area contributed by atoms with Crippen LogP contribution < -0.4 is 11.1 Å². The van der Waals surface area contributed by atoms with E-state index < -0.39 is 17.3 Å². The number of nitrogen functional groups attached to an aromatic ring is 1. The lowest BCUT2D eigenvalue weighted by molar-refractivity contribution is 0.0816. The van der Waals surface area contributed by atoms with Gasteiger partial charge in [-0.05, 0) is 32.0 Å². The first kappa shape index (κ1) is 13.4. The van der Waals surface area contributed by atoms with Gasteiger partial charge in [0.1, 0.15) is 5.82 Å². The summed E-state index contributed by atoms with van der Waals surface area (Å²) in [5, 5.41) is 2.68. The van der Waals surface area contributed by atoms with Crippen LogP contribution in [0.25, 0.3) is 0 Å². The third-order valence-electron chi connectivity index (χ3n) is 2.19. The zero-order chi connectivity index (χ0) is 13.1. The van der Waals surface area contributed by atoms with Crippen molar-refractivity contribution in [3.05, 3.63) is 29.6 Å². The number of carbonyl (C=O) groups is 1. The molecule has 0 radical (unpaired) electrons. The van der Waals surface area contributed by atoms with Crippen molar-refractivity contribution in [3.8, 4) is 0 Å². The zero-order valence-electron chi connectivity index (χ0n) is 10.2. The Hall–Kier alpha value is -1.62. The summed E-state index contributed by atoms with van der Waals surface area (Å²) >= 11 is 0. The standard InChI is InChI=1S/C12H17FN2O2/c1-12(2,7-17-3)15-11(16)9-6-8(14)4-5-10(9)13/h4-6H,7,14H2,1-3H3,(H,15,16). The number of amides is 1. The summed E-state index contributed by atoms with van der Waals surface area (Å²) in [6.07, 6.45) is 0. The predicted octanol–water partition coefficient (Wildman–Crippen LogP) is 1.56. The van der Waals surface area contributed by atoms with E-state index in [9.17, 15) is 9.18 Å². The predicted molar refractivity (Wildman–Crippen MR) is 64.2 cm³/mol. The van der Waals surface area contributed by atoms with Crippen molar-refractivity contribution in [3.63, 3.8) is 0 Å². The van der Waals surface area contributed by atoms with Crippen molar-refractivity contribution >= 4 is 11.6 Å². The number of nitrogens with one attached hydrogen (secondary N) is 1. The lowest BCUT2D eigenvalue weighted by atomic mass is 10.1. The molecule has 0 atom stereocenters. The Balaban J connectivity index is 2.86. The third-order valence-corrected chi connectivity index (χ3v) is 2.19. The molecule has 0 heterocycles. The Bertz CT molecular complexity index is 419. The van der Waals surface area contributed by atoms with E-state index in [1.807, 2.05) is 0 Å². The molecular formula is C12H17FN2O2. The van der Waals surface area contributed by atoms with Gasteiger partial charge in [0, 0.05) is 12.8 Å². The number of hydrogen-bond donors (Lipinski definition) is 2. The second kappa shape index (κ2) is 5.14. The Morgan fingerprint density at radius 2 is 2.18 bits per heavy atom. The monoisotopic (exact) mass is 240 g/mol. The molecular weight excluding hydrogens is 223 g/mol. The summed E-state index contributed by atoms with van der Waals surface area (Å²) in [6, 6.07) is 3.90. The molecule has 94 valence electrons. The molecule has 1 aromatic carbocycles. The van der Waals surface area contributed by atoms with E-state index >= 15 is 0 Å². The van der Waals surface area contributed by atoms with Gasteiger partial charge in [-0.2, -0.15) is 0 Å². The molecule has 1 rings (SSSR count). The minimum absolute atomic E-state index is 0.0609. The number of hydrogen-bond acceptors (Lipinski definition) is 3. The Labute approximate surface area is 100.0 Å². The fourth-order valence-electron chi connectivity index (χ4n) is 1.49. The van der Waals surface area contributed by atoms with E-state index in [-0.39, 0.29) is 5.56 Å². The van der Waals surface area contributed by atoms with Crippen LogP contribution in [0.15, 0.2) is 18.2 Å². The van der Waals surface area contributed by atoms with E-state index in [1.54, 1.807) is 13.8 Å². The van der Waals surface area contributed by atoms with Crippen molar-refractivity contribution in [1.29, 1.82) is 0 Å². The molecule has 0 unspecified atom stereocenters. The summed E-state index contributed by atoms with van der Waals surface area (Å²) in [7, 11) is 1.54. The molecule has 0 saturated carbocycles. The summed E-state index contributed by atoms with van der Waals surface area (Å²) in [4.78, 5) is 11.8. The smallest absolute Gasteiger partial charge is 0.254 e. The second-order valence-electron chi connectivity index (χ2n) is 4.51. The molecule has 4 nitrogen and oxygen atoms in total. The highest BCUT2D eigenvalue weighted by Crippen LogP contribution is 2.13. The largest absolute Gasteiger partial charge is 0.399 e. The summed E-state index contributed by atoms with van der Waals surface area (Å²) in [5.74, 6) is -1.10. The van der Waals surface area contributed by atoms with E-state index in [0.717, 1.165) is 0 Å². The normalized spacial score (nSPS) is 11.3. The molecule has 0 fully saturated rings. The van der Waals surface area contributed by atoms with Gasteiger partial charge in [-0.3, -0.25) is 4.79 Å². The number of rotatable bonds is 4. The topological polar surface area (TPSA) is 64.3 Å². The van der Waals surface area contributed by atoms with Gasteiger partial charge in [-0.25, -0.2) is 4.39 Å². The van der Waals surface area contributed by atoms with Gasteiger partial charge in [0.25, 0.3) is 5.91 Å². The first-order valence-corrected chi connectivity index (χ1v) is 5.22. The third kappa shape index (κ3) is 3.71. The van der Waals surface area contributed by atoms with Crippen LogP contribution in [0.5, 0.6) is 0 Å². The van der Waals surface area contributed by atoms with Crippen molar-refractivity contribution < 1.29 is 13.9 Å². The first-order chi connectivity index (χ1) is 7.85. The van der Waals surface area contributed by atoms with E-state index in [2.05, 4.69) is 5.32 Å². The maximum atomic E-state index is 13.4. The second-order valence-corrected chi connectivity index (χ2v) is 4.51. The van der Waals surface area contributed by atoms with Crippen molar-refractivity contribution in [2.24, 2.45) is 0 Å². The van der Waals surface area contributed by atoms with Crippen LogP contribution >= 0.6 is 0 Å². The summed E-state index contributed by atoms with van der Waals surface area (Å²) < 4.78 is 18.4. The van der Waals surface area contributed by atoms with Gasteiger partial charge in [0.05, 0.1) is 17.7 Å². The van der Waals surface area contributed by atoms with E-state index in [4.69, 9.17) is 10.5 Å². The van der Waals surface area contributed by atoms with Crippen LogP contribution in [0.4, 0.5) is 10.1 Å². The average Bonchev–Trinajstić information content (AvgIpc) is 2.20. The fourth-order valence-corrected chi connectivity index (χ4v) is 1.49. The summed E-state index contributed by atoms with van der Waals surface area (Å²) in [6.45, 7) is 3.92. The highest BCUT2D eigenvalue weighted by Gasteiger charge is 2.22. The highest BCUT2D eigenvalue weighted by molar-refractivity contribution is 5.95. The molecule has 0 spiro atoms. The maximum absolute atomic E-state index is 13.4. The number of anilines is 1. The zero-order valence-corrected chi connectivity index (χ0v) is 10.2. The lowest BCUT2D eigenvalue weighted by Crippen LogP contribution is -2.47. The number of nitrogens with two attached hydrogens (primary N) is 1. The van der Waals surface area contributed by atoms with Crippen molar-refractivity contribution in [2.75, 3.05) is 19.5 Å². The van der Waals surface area contributed by atoms with E-state index in [1.165, 1.54) is 25.3 Å². The van der Waals surface area contributed by atoms with Gasteiger partial charge in [-0.1, -0.05) is 0 Å². The molecule has 1 aromatic rings. The molecule has 0 aliphatic carbocycles. The van der Waals surface area contributed by atoms with Gasteiger partial charge < -0.3 is 15.8 Å². The lowest BCUT2D eigenvalue weighted by Gasteiger charge is -2.25. The van der Waals surface area contributed by atoms with Crippen LogP contribution in [0.2, 0.25) is 0 Å². The van der Waals surface area contributed by atoms with Gasteiger partial charge >= 0.3 is 0 Å². The van der Waals surface area contributed by atoms with Crippen molar-refractivity contribution in [2.45, 2.75) is 19.4 Å². The number of carbonyl (C=O) groups excluding carboxylic acids is 1. The molecule has 0 aromatic heterocycles. The number of benzene rings is 1. The van der Waals surface area contributed by atoms with Crippen molar-refractivity contribution in [1.82, 2.24) is 5.32 Å². The Morgan fingerprint density at radius 1 is 1.53 bits per heavy atom. The van der Waals surface area contributed by atoms with Crippen LogP contribution in [-0.2, 0) is 4.74 Å². The highest BCUT2D eigenvalue weighted by atomic mass is 19.1. The molecule has 0 bridgehead atoms. The molecule has 0 aliphatic heterocycles. The fraction of sp³-hybridized carbons (Fsp3) is 0.417. The van der Waals surface area contributed by atoms with Gasteiger partial charge in [0.2, 0.25) is 0 Å². The van der Waals surface area contributed by atoms with Crippen LogP contribution in [0, 0.1) is 5.82 Å². The van der Waals surface area contributed by atoms with Crippen LogP contribution in [-0.4, -0.2) is 25.2 Å². The SMILES string of the molecule is COCC(C)(C)NC(=O)c1cc(N)ccc1F. The Kier molecular flexibility index (Phi) is 4.07. The Morgan fingerprint density at radius 3 is 2.76 bits per heavy atom. The first-order valence-electron chi connectivity index (χ1n) is 5.22. The molecule has 0 aliphatic rings. The van der Waals surface area contributed by atoms with Gasteiger partial charge in [-0.15, -0.1) is 0 Å². The molecule has 1 amide bonds. The number of halogens is 1. The van der Waals surface area contributed by atoms with Crippen LogP contribution in [0.3, 0.4) is 0 Å². The minimum atomic E-state index is -0.593. The molecule has 3 N–H and O–H groups in total. The molecule has 17 heavy (non-hydrogen) atoms. The average molecular weight is 240 g/mol. The number of ether oxygens (including phenoxy) is 1. The summed E-state index contributed by atoms with van der Waals surface area (Å²) in [5.41, 5.74) is 5.24. The van der Waals surface area contributed by atoms with Crippen LogP contribution in [0.1, 0.15) is 24.2 Å². The molecule has 5 heteroatoms. The molecule has 0 saturated heterocycles. The quantitative estimate of drug-likeness (QED) is 0.785. The van der Waals surface area contributed by atoms with E-state index in [0.29, 0.717) is 12.3 Å². The number of methoxy groups -OCH3 is 1. The minimum Gasteiger partial charge on any atom is -0.399 e.